The quantitative estimate of drug-likeness (QED) is 0.794. The third kappa shape index (κ3) is 4.65. The Bertz CT molecular complexity index is 842. The van der Waals surface area contributed by atoms with Gasteiger partial charge in [0.25, 0.3) is 11.5 Å². The first-order valence-electron chi connectivity index (χ1n) is 8.21. The lowest BCUT2D eigenvalue weighted by Crippen LogP contribution is -2.38. The molecule has 0 aliphatic rings. The molecule has 0 saturated heterocycles. The second-order valence-corrected chi connectivity index (χ2v) is 6.37. The van der Waals surface area contributed by atoms with E-state index in [0.717, 1.165) is 0 Å². The van der Waals surface area contributed by atoms with Crippen LogP contribution in [0.25, 0.3) is 10.8 Å². The van der Waals surface area contributed by atoms with Crippen molar-refractivity contribution >= 4 is 22.6 Å². The monoisotopic (exact) mass is 345 g/mol. The van der Waals surface area contributed by atoms with E-state index in [4.69, 9.17) is 4.74 Å². The molecule has 1 atom stereocenters. The molecule has 1 N–H and O–H groups in total. The standard InChI is InChI=1S/C18H23N3O4/c1-11(2)10-19-17(23)12(3)25-16(22)9-15-13-7-5-6-8-14(13)18(24)21(4)20-15/h5-8,11-12H,9-10H2,1-4H3,(H,19,23)/t12-/m0/s1. The fraction of sp³-hybridized carbons (Fsp3) is 0.444. The van der Waals surface area contributed by atoms with Crippen molar-refractivity contribution in [3.63, 3.8) is 0 Å². The number of rotatable bonds is 6. The first-order valence-corrected chi connectivity index (χ1v) is 8.21. The Morgan fingerprint density at radius 2 is 1.84 bits per heavy atom. The number of ether oxygens (including phenoxy) is 1. The summed E-state index contributed by atoms with van der Waals surface area (Å²) in [5, 5.41) is 7.98. The maximum Gasteiger partial charge on any atom is 0.312 e. The van der Waals surface area contributed by atoms with E-state index in [2.05, 4.69) is 10.4 Å². The van der Waals surface area contributed by atoms with E-state index in [0.29, 0.717) is 28.9 Å². The Kier molecular flexibility index (Phi) is 5.90. The van der Waals surface area contributed by atoms with Gasteiger partial charge in [-0.2, -0.15) is 5.10 Å². The largest absolute Gasteiger partial charge is 0.452 e. The molecule has 1 aromatic carbocycles. The zero-order valence-corrected chi connectivity index (χ0v) is 14.9. The molecule has 25 heavy (non-hydrogen) atoms. The summed E-state index contributed by atoms with van der Waals surface area (Å²) in [6.07, 6.45) is -0.999. The molecule has 0 radical (unpaired) electrons. The van der Waals surface area contributed by atoms with E-state index in [9.17, 15) is 14.4 Å². The van der Waals surface area contributed by atoms with Crippen LogP contribution in [0.4, 0.5) is 0 Å². The highest BCUT2D eigenvalue weighted by molar-refractivity contribution is 5.88. The summed E-state index contributed by atoms with van der Waals surface area (Å²) in [6.45, 7) is 6.01. The summed E-state index contributed by atoms with van der Waals surface area (Å²) >= 11 is 0. The van der Waals surface area contributed by atoms with Crippen LogP contribution < -0.4 is 10.9 Å². The van der Waals surface area contributed by atoms with Gasteiger partial charge in [-0.15, -0.1) is 0 Å². The number of carbonyl (C=O) groups is 2. The van der Waals surface area contributed by atoms with Gasteiger partial charge < -0.3 is 10.1 Å². The van der Waals surface area contributed by atoms with Gasteiger partial charge in [-0.25, -0.2) is 4.68 Å². The normalized spacial score (nSPS) is 12.2. The number of hydrogen-bond donors (Lipinski definition) is 1. The SMILES string of the molecule is CC(C)CNC(=O)[C@H](C)OC(=O)Cc1nn(C)c(=O)c2ccccc12. The summed E-state index contributed by atoms with van der Waals surface area (Å²) < 4.78 is 6.39. The van der Waals surface area contributed by atoms with Crippen molar-refractivity contribution in [1.82, 2.24) is 15.1 Å². The minimum absolute atomic E-state index is 0.115. The molecule has 1 heterocycles. The summed E-state index contributed by atoms with van der Waals surface area (Å²) in [6, 6.07) is 6.97. The molecule has 0 bridgehead atoms. The fourth-order valence-corrected chi connectivity index (χ4v) is 2.38. The van der Waals surface area contributed by atoms with E-state index < -0.39 is 12.1 Å². The minimum Gasteiger partial charge on any atom is -0.452 e. The smallest absolute Gasteiger partial charge is 0.312 e. The number of aromatic nitrogens is 2. The van der Waals surface area contributed by atoms with Crippen LogP contribution in [0, 0.1) is 5.92 Å². The molecule has 1 aromatic heterocycles. The molecule has 0 saturated carbocycles. The Labute approximate surface area is 146 Å². The molecule has 1 amide bonds. The highest BCUT2D eigenvalue weighted by atomic mass is 16.5. The number of nitrogens with zero attached hydrogens (tertiary/aromatic N) is 2. The highest BCUT2D eigenvalue weighted by Gasteiger charge is 2.19. The molecule has 0 aliphatic carbocycles. The third-order valence-electron chi connectivity index (χ3n) is 3.71. The van der Waals surface area contributed by atoms with Crippen LogP contribution in [0.2, 0.25) is 0 Å². The number of aryl methyl sites for hydroxylation is 1. The molecule has 7 heteroatoms. The topological polar surface area (TPSA) is 90.3 Å². The van der Waals surface area contributed by atoms with Gasteiger partial charge in [-0.1, -0.05) is 32.0 Å². The maximum atomic E-state index is 12.2. The molecule has 134 valence electrons. The molecule has 2 rings (SSSR count). The van der Waals surface area contributed by atoms with Crippen LogP contribution in [0.1, 0.15) is 26.5 Å². The number of fused-ring (bicyclic) bond motifs is 1. The molecule has 7 nitrogen and oxygen atoms in total. The van der Waals surface area contributed by atoms with E-state index in [1.54, 1.807) is 24.3 Å². The van der Waals surface area contributed by atoms with Gasteiger partial charge in [0.15, 0.2) is 6.10 Å². The predicted octanol–water partition coefficient (Wildman–Crippen LogP) is 1.18. The van der Waals surface area contributed by atoms with Gasteiger partial charge in [0.1, 0.15) is 0 Å². The van der Waals surface area contributed by atoms with Gasteiger partial charge >= 0.3 is 5.97 Å². The van der Waals surface area contributed by atoms with Gasteiger partial charge in [0.2, 0.25) is 0 Å². The maximum absolute atomic E-state index is 12.2. The van der Waals surface area contributed by atoms with Crippen LogP contribution in [0.15, 0.2) is 29.1 Å². The first-order chi connectivity index (χ1) is 11.8. The summed E-state index contributed by atoms with van der Waals surface area (Å²) in [5.74, 6) is -0.586. The molecular formula is C18H23N3O4. The average molecular weight is 345 g/mol. The number of nitrogens with one attached hydrogen (secondary N) is 1. The molecule has 0 aliphatic heterocycles. The lowest BCUT2D eigenvalue weighted by atomic mass is 10.1. The van der Waals surface area contributed by atoms with Crippen LogP contribution in [0.3, 0.4) is 0 Å². The minimum atomic E-state index is -0.884. The number of amides is 1. The number of benzene rings is 1. The second kappa shape index (κ2) is 7.92. The van der Waals surface area contributed by atoms with Crippen molar-refractivity contribution in [3.8, 4) is 0 Å². The van der Waals surface area contributed by atoms with Crippen molar-refractivity contribution in [2.45, 2.75) is 33.3 Å². The van der Waals surface area contributed by atoms with Crippen molar-refractivity contribution < 1.29 is 14.3 Å². The summed E-state index contributed by atoms with van der Waals surface area (Å²) in [5.41, 5.74) is 0.214. The highest BCUT2D eigenvalue weighted by Crippen LogP contribution is 2.14. The van der Waals surface area contributed by atoms with Crippen LogP contribution >= 0.6 is 0 Å². The van der Waals surface area contributed by atoms with Gasteiger partial charge in [-0.3, -0.25) is 14.4 Å². The number of esters is 1. The number of carbonyl (C=O) groups excluding carboxylic acids is 2. The van der Waals surface area contributed by atoms with Gasteiger partial charge in [-0.05, 0) is 18.9 Å². The average Bonchev–Trinajstić information content (AvgIpc) is 2.57. The van der Waals surface area contributed by atoms with Crippen molar-refractivity contribution in [2.75, 3.05) is 6.54 Å². The lowest BCUT2D eigenvalue weighted by molar-refractivity contribution is -0.154. The lowest BCUT2D eigenvalue weighted by Gasteiger charge is -2.15. The van der Waals surface area contributed by atoms with Crippen molar-refractivity contribution in [3.05, 3.63) is 40.3 Å². The molecule has 0 fully saturated rings. The summed E-state index contributed by atoms with van der Waals surface area (Å²) in [7, 11) is 1.53. The van der Waals surface area contributed by atoms with Crippen molar-refractivity contribution in [2.24, 2.45) is 13.0 Å². The Balaban J connectivity index is 2.11. The van der Waals surface area contributed by atoms with E-state index in [1.165, 1.54) is 18.7 Å². The van der Waals surface area contributed by atoms with Crippen LogP contribution in [-0.2, 0) is 27.8 Å². The number of hydrogen-bond acceptors (Lipinski definition) is 5. The van der Waals surface area contributed by atoms with Crippen LogP contribution in [-0.4, -0.2) is 34.3 Å². The molecular weight excluding hydrogens is 322 g/mol. The fourth-order valence-electron chi connectivity index (χ4n) is 2.38. The van der Waals surface area contributed by atoms with Gasteiger partial charge in [0.05, 0.1) is 17.5 Å². The van der Waals surface area contributed by atoms with E-state index >= 15 is 0 Å². The van der Waals surface area contributed by atoms with E-state index in [1.807, 2.05) is 13.8 Å². The first kappa shape index (κ1) is 18.6. The Morgan fingerprint density at radius 3 is 2.48 bits per heavy atom. The summed E-state index contributed by atoms with van der Waals surface area (Å²) in [4.78, 5) is 36.2. The van der Waals surface area contributed by atoms with Gasteiger partial charge in [0, 0.05) is 19.0 Å². The second-order valence-electron chi connectivity index (χ2n) is 6.37. The molecule has 2 aromatic rings. The Hall–Kier alpha value is -2.70. The third-order valence-corrected chi connectivity index (χ3v) is 3.71. The van der Waals surface area contributed by atoms with Crippen molar-refractivity contribution in [1.29, 1.82) is 0 Å². The van der Waals surface area contributed by atoms with E-state index in [-0.39, 0.29) is 17.9 Å². The zero-order chi connectivity index (χ0) is 18.6. The molecule has 0 spiro atoms. The molecule has 0 unspecified atom stereocenters. The Morgan fingerprint density at radius 1 is 1.20 bits per heavy atom. The van der Waals surface area contributed by atoms with Crippen LogP contribution in [0.5, 0.6) is 0 Å². The zero-order valence-electron chi connectivity index (χ0n) is 14.9. The predicted molar refractivity (Wildman–Crippen MR) is 94.1 cm³/mol.